The van der Waals surface area contributed by atoms with E-state index in [-0.39, 0.29) is 11.8 Å². The van der Waals surface area contributed by atoms with Gasteiger partial charge in [0.25, 0.3) is 6.29 Å². The van der Waals surface area contributed by atoms with Crippen LogP contribution in [0, 0.1) is 11.8 Å². The highest BCUT2D eigenvalue weighted by Crippen LogP contribution is 2.34. The number of carbonyl (C=O) groups is 3. The Kier molecular flexibility index (Phi) is 8.34. The summed E-state index contributed by atoms with van der Waals surface area (Å²) in [5.74, 6) is -1.73. The smallest absolute Gasteiger partial charge is 0.410 e. The van der Waals surface area contributed by atoms with E-state index in [0.717, 1.165) is 6.66 Å². The maximum absolute atomic E-state index is 11.6. The molecule has 128 valence electrons. The van der Waals surface area contributed by atoms with Gasteiger partial charge in [0.15, 0.2) is 5.78 Å². The largest absolute Gasteiger partial charge is 0.425 e. The number of rotatable bonds is 8. The third kappa shape index (κ3) is 9.52. The Hall–Kier alpha value is -1.40. The normalized spacial score (nSPS) is 15.1. The van der Waals surface area contributed by atoms with E-state index in [0.29, 0.717) is 0 Å². The molecule has 0 aliphatic heterocycles. The second kappa shape index (κ2) is 8.90. The third-order valence-electron chi connectivity index (χ3n) is 2.37. The van der Waals surface area contributed by atoms with Crippen molar-refractivity contribution >= 4 is 25.2 Å². The number of ketones is 1. The van der Waals surface area contributed by atoms with Crippen molar-refractivity contribution in [1.82, 2.24) is 5.32 Å². The fourth-order valence-electron chi connectivity index (χ4n) is 1.25. The summed E-state index contributed by atoms with van der Waals surface area (Å²) < 4.78 is 21.0. The van der Waals surface area contributed by atoms with E-state index in [1.807, 2.05) is 0 Å². The quantitative estimate of drug-likeness (QED) is 0.390. The number of carbonyl (C=O) groups excluding carboxylic acids is 3. The molecule has 9 heteroatoms. The van der Waals surface area contributed by atoms with Crippen molar-refractivity contribution in [3.63, 3.8) is 0 Å². The molecule has 0 aromatic heterocycles. The standard InChI is InChI=1S/C13H24NO7P/c1-8(2)11(16)20-12(9(3)4)21-13(17)14-6-10(15)7-22(5,18)19/h8-9,12H,6-7H2,1-5H3,(H,14,17)(H,18,19)/t12-/m1/s1. The second-order valence-corrected chi connectivity index (χ2v) is 8.13. The van der Waals surface area contributed by atoms with E-state index >= 15 is 0 Å². The number of Topliss-reactive ketones (excluding diaryl/α,β-unsaturated/α-hetero) is 1. The van der Waals surface area contributed by atoms with Crippen molar-refractivity contribution in [2.75, 3.05) is 19.4 Å². The number of amides is 1. The highest BCUT2D eigenvalue weighted by molar-refractivity contribution is 7.58. The molecule has 22 heavy (non-hydrogen) atoms. The van der Waals surface area contributed by atoms with E-state index in [2.05, 4.69) is 5.32 Å². The van der Waals surface area contributed by atoms with Gasteiger partial charge in [0.05, 0.1) is 18.6 Å². The number of nitrogens with one attached hydrogen (secondary N) is 1. The lowest BCUT2D eigenvalue weighted by Gasteiger charge is -2.22. The predicted molar refractivity (Wildman–Crippen MR) is 79.7 cm³/mol. The van der Waals surface area contributed by atoms with Crippen molar-refractivity contribution in [3.8, 4) is 0 Å². The van der Waals surface area contributed by atoms with Gasteiger partial charge in [-0.05, 0) is 0 Å². The Bertz CT molecular complexity index is 455. The van der Waals surface area contributed by atoms with Gasteiger partial charge in [-0.25, -0.2) is 4.79 Å². The summed E-state index contributed by atoms with van der Waals surface area (Å²) in [6, 6.07) is 0. The van der Waals surface area contributed by atoms with Crippen LogP contribution in [0.2, 0.25) is 0 Å². The minimum atomic E-state index is -3.47. The van der Waals surface area contributed by atoms with Crippen LogP contribution in [0.5, 0.6) is 0 Å². The molecule has 0 aliphatic rings. The number of alkyl carbamates (subject to hydrolysis) is 1. The molecule has 0 radical (unpaired) electrons. The van der Waals surface area contributed by atoms with Crippen molar-refractivity contribution < 1.29 is 33.3 Å². The number of esters is 1. The van der Waals surface area contributed by atoms with Crippen LogP contribution in [-0.2, 0) is 23.6 Å². The van der Waals surface area contributed by atoms with Gasteiger partial charge in [-0.2, -0.15) is 0 Å². The summed E-state index contributed by atoms with van der Waals surface area (Å²) in [5.41, 5.74) is 0. The molecule has 0 aromatic carbocycles. The van der Waals surface area contributed by atoms with Crippen molar-refractivity contribution in [1.29, 1.82) is 0 Å². The van der Waals surface area contributed by atoms with Crippen LogP contribution in [0.1, 0.15) is 27.7 Å². The first-order chi connectivity index (χ1) is 9.92. The topological polar surface area (TPSA) is 119 Å². The highest BCUT2D eigenvalue weighted by Gasteiger charge is 2.24. The van der Waals surface area contributed by atoms with Gasteiger partial charge in [0.2, 0.25) is 7.37 Å². The summed E-state index contributed by atoms with van der Waals surface area (Å²) in [6.07, 6.45) is -2.53. The first-order valence-electron chi connectivity index (χ1n) is 6.88. The van der Waals surface area contributed by atoms with Gasteiger partial charge in [0.1, 0.15) is 0 Å². The molecule has 1 amide bonds. The first kappa shape index (κ1) is 20.6. The zero-order chi connectivity index (χ0) is 17.5. The lowest BCUT2D eigenvalue weighted by molar-refractivity contribution is -0.178. The number of hydrogen-bond donors (Lipinski definition) is 2. The van der Waals surface area contributed by atoms with Gasteiger partial charge in [-0.3, -0.25) is 14.2 Å². The van der Waals surface area contributed by atoms with Crippen LogP contribution in [0.3, 0.4) is 0 Å². The summed E-state index contributed by atoms with van der Waals surface area (Å²) in [5, 5.41) is 2.16. The molecule has 1 unspecified atom stereocenters. The van der Waals surface area contributed by atoms with Crippen LogP contribution < -0.4 is 5.32 Å². The maximum atomic E-state index is 11.6. The monoisotopic (exact) mass is 337 g/mol. The Morgan fingerprint density at radius 1 is 1.14 bits per heavy atom. The molecular formula is C13H24NO7P. The maximum Gasteiger partial charge on any atom is 0.410 e. The van der Waals surface area contributed by atoms with Gasteiger partial charge >= 0.3 is 12.1 Å². The second-order valence-electron chi connectivity index (χ2n) is 5.71. The lowest BCUT2D eigenvalue weighted by atomic mass is 10.2. The fraction of sp³-hybridized carbons (Fsp3) is 0.769. The molecule has 0 rings (SSSR count). The van der Waals surface area contributed by atoms with E-state index in [4.69, 9.17) is 14.4 Å². The van der Waals surface area contributed by atoms with Crippen molar-refractivity contribution in [2.45, 2.75) is 34.0 Å². The average molecular weight is 337 g/mol. The Labute approximate surface area is 130 Å². The van der Waals surface area contributed by atoms with Crippen LogP contribution >= 0.6 is 7.37 Å². The van der Waals surface area contributed by atoms with E-state index in [9.17, 15) is 18.9 Å². The molecule has 0 aromatic rings. The van der Waals surface area contributed by atoms with Crippen LogP contribution in [0.15, 0.2) is 0 Å². The zero-order valence-electron chi connectivity index (χ0n) is 13.5. The molecule has 2 atom stereocenters. The third-order valence-corrected chi connectivity index (χ3v) is 3.31. The first-order valence-corrected chi connectivity index (χ1v) is 9.17. The molecular weight excluding hydrogens is 313 g/mol. The number of ether oxygens (including phenoxy) is 2. The van der Waals surface area contributed by atoms with Crippen molar-refractivity contribution in [3.05, 3.63) is 0 Å². The Morgan fingerprint density at radius 3 is 2.09 bits per heavy atom. The minimum Gasteiger partial charge on any atom is -0.425 e. The van der Waals surface area contributed by atoms with Crippen LogP contribution in [0.25, 0.3) is 0 Å². The van der Waals surface area contributed by atoms with Gasteiger partial charge in [-0.1, -0.05) is 27.7 Å². The molecule has 0 fully saturated rings. The Balaban J connectivity index is 4.38. The molecule has 0 spiro atoms. The summed E-state index contributed by atoms with van der Waals surface area (Å²) >= 11 is 0. The van der Waals surface area contributed by atoms with E-state index in [1.54, 1.807) is 27.7 Å². The van der Waals surface area contributed by atoms with Gasteiger partial charge in [-0.15, -0.1) is 0 Å². The molecule has 0 aliphatic carbocycles. The van der Waals surface area contributed by atoms with Crippen molar-refractivity contribution in [2.24, 2.45) is 11.8 Å². The Morgan fingerprint density at radius 2 is 1.68 bits per heavy atom. The summed E-state index contributed by atoms with van der Waals surface area (Å²) in [7, 11) is -3.47. The van der Waals surface area contributed by atoms with E-state index < -0.39 is 44.2 Å². The summed E-state index contributed by atoms with van der Waals surface area (Å²) in [6.45, 7) is 7.34. The van der Waals surface area contributed by atoms with E-state index in [1.165, 1.54) is 0 Å². The highest BCUT2D eigenvalue weighted by atomic mass is 31.2. The lowest BCUT2D eigenvalue weighted by Crippen LogP contribution is -2.37. The SMILES string of the molecule is CC(C)C(=O)O[C@H](OC(=O)NCC(=O)CP(C)(=O)O)C(C)C. The minimum absolute atomic E-state index is 0.266. The molecule has 0 saturated heterocycles. The zero-order valence-corrected chi connectivity index (χ0v) is 14.4. The molecule has 0 bridgehead atoms. The molecule has 0 heterocycles. The summed E-state index contributed by atoms with van der Waals surface area (Å²) in [4.78, 5) is 43.5. The van der Waals surface area contributed by atoms with Crippen LogP contribution in [-0.4, -0.2) is 48.4 Å². The molecule has 8 nitrogen and oxygen atoms in total. The molecule has 2 N–H and O–H groups in total. The fourth-order valence-corrected chi connectivity index (χ4v) is 2.01. The van der Waals surface area contributed by atoms with Crippen LogP contribution in [0.4, 0.5) is 4.79 Å². The van der Waals surface area contributed by atoms with Gasteiger partial charge in [0, 0.05) is 12.6 Å². The number of hydrogen-bond acceptors (Lipinski definition) is 6. The van der Waals surface area contributed by atoms with Gasteiger partial charge < -0.3 is 19.7 Å². The average Bonchev–Trinajstić information content (AvgIpc) is 2.33. The predicted octanol–water partition coefficient (Wildman–Crippen LogP) is 1.36. The molecule has 0 saturated carbocycles.